The summed E-state index contributed by atoms with van der Waals surface area (Å²) in [5.74, 6) is 0.351. The Labute approximate surface area is 191 Å². The second-order valence-electron chi connectivity index (χ2n) is 8.43. The fourth-order valence-corrected chi connectivity index (χ4v) is 4.99. The normalized spacial score (nSPS) is 13.1. The van der Waals surface area contributed by atoms with E-state index in [1.807, 2.05) is 39.8 Å². The van der Waals surface area contributed by atoms with E-state index in [9.17, 15) is 13.2 Å². The third kappa shape index (κ3) is 4.62. The number of nitrogens with zero attached hydrogens (tertiary/aromatic N) is 3. The summed E-state index contributed by atoms with van der Waals surface area (Å²) in [6.45, 7) is 8.28. The Morgan fingerprint density at radius 3 is 2.55 bits per heavy atom. The van der Waals surface area contributed by atoms with E-state index in [1.165, 1.54) is 0 Å². The van der Waals surface area contributed by atoms with Crippen molar-refractivity contribution in [3.8, 4) is 11.4 Å². The molecule has 33 heavy (non-hydrogen) atoms. The van der Waals surface area contributed by atoms with Gasteiger partial charge in [-0.05, 0) is 49.6 Å². The van der Waals surface area contributed by atoms with Crippen LogP contribution in [0.15, 0.2) is 56.7 Å². The fourth-order valence-electron chi connectivity index (χ4n) is 3.65. The molecule has 1 atom stereocenters. The zero-order valence-corrected chi connectivity index (χ0v) is 19.8. The van der Waals surface area contributed by atoms with E-state index in [2.05, 4.69) is 19.8 Å². The predicted molar refractivity (Wildman–Crippen MR) is 125 cm³/mol. The number of benzene rings is 2. The molecule has 0 amide bonds. The molecule has 2 aromatic carbocycles. The molecule has 2 aromatic heterocycles. The summed E-state index contributed by atoms with van der Waals surface area (Å²) in [6.07, 6.45) is 0.845. The highest BCUT2D eigenvalue weighted by atomic mass is 32.2. The van der Waals surface area contributed by atoms with Crippen molar-refractivity contribution in [2.24, 2.45) is 5.92 Å². The third-order valence-corrected chi connectivity index (χ3v) is 6.92. The molecule has 174 valence electrons. The second kappa shape index (κ2) is 8.95. The molecule has 0 radical (unpaired) electrons. The van der Waals surface area contributed by atoms with Crippen LogP contribution in [-0.4, -0.2) is 28.1 Å². The molecule has 2 heterocycles. The van der Waals surface area contributed by atoms with Gasteiger partial charge in [0.05, 0.1) is 15.9 Å². The molecule has 0 unspecified atom stereocenters. The van der Waals surface area contributed by atoms with Crippen molar-refractivity contribution >= 4 is 21.1 Å². The molecule has 0 saturated heterocycles. The van der Waals surface area contributed by atoms with Crippen LogP contribution in [-0.2, 0) is 16.6 Å². The summed E-state index contributed by atoms with van der Waals surface area (Å²) < 4.78 is 35.6. The first-order chi connectivity index (χ1) is 15.7. The van der Waals surface area contributed by atoms with Crippen molar-refractivity contribution in [2.45, 2.75) is 51.6 Å². The molecule has 4 aromatic rings. The number of hydrogen-bond donors (Lipinski definition) is 2. The molecule has 0 fully saturated rings. The maximum Gasteiger partial charge on any atom is 0.326 e. The molecule has 0 spiro atoms. The van der Waals surface area contributed by atoms with Crippen molar-refractivity contribution in [3.63, 3.8) is 0 Å². The van der Waals surface area contributed by atoms with Crippen LogP contribution < -0.4 is 10.4 Å². The van der Waals surface area contributed by atoms with Crippen LogP contribution in [0.5, 0.6) is 0 Å². The van der Waals surface area contributed by atoms with Gasteiger partial charge in [0.25, 0.3) is 0 Å². The van der Waals surface area contributed by atoms with E-state index in [1.54, 1.807) is 34.9 Å². The second-order valence-corrected chi connectivity index (χ2v) is 10.1. The smallest absolute Gasteiger partial charge is 0.326 e. The number of aromatic amines is 1. The average Bonchev–Trinajstić information content (AvgIpc) is 3.37. The Balaban J connectivity index is 1.64. The zero-order chi connectivity index (χ0) is 23.8. The third-order valence-electron chi connectivity index (χ3n) is 5.47. The standard InChI is InChI=1S/C23H27N5O4S/c1-5-12-28-19-11-8-16(13-18(19)24-23(28)29)21-25-22(32-26-21)20(14(2)3)27-33(30,31)17-9-6-15(4)7-10-17/h6-11,13-14,20,27H,5,12H2,1-4H3,(H,24,29)/t20-/m0/s1. The predicted octanol–water partition coefficient (Wildman–Crippen LogP) is 3.77. The highest BCUT2D eigenvalue weighted by Crippen LogP contribution is 2.27. The van der Waals surface area contributed by atoms with Crippen molar-refractivity contribution in [1.29, 1.82) is 0 Å². The van der Waals surface area contributed by atoms with Gasteiger partial charge in [0.2, 0.25) is 21.7 Å². The largest absolute Gasteiger partial charge is 0.337 e. The van der Waals surface area contributed by atoms with Crippen LogP contribution in [0.1, 0.15) is 44.7 Å². The van der Waals surface area contributed by atoms with Gasteiger partial charge < -0.3 is 9.51 Å². The zero-order valence-electron chi connectivity index (χ0n) is 19.0. The van der Waals surface area contributed by atoms with Crippen molar-refractivity contribution in [3.05, 3.63) is 64.4 Å². The molecular weight excluding hydrogens is 442 g/mol. The summed E-state index contributed by atoms with van der Waals surface area (Å²) in [5, 5.41) is 4.06. The van der Waals surface area contributed by atoms with E-state index in [4.69, 9.17) is 4.52 Å². The summed E-state index contributed by atoms with van der Waals surface area (Å²) in [5.41, 5.74) is 2.95. The molecule has 10 heteroatoms. The molecule has 0 bridgehead atoms. The van der Waals surface area contributed by atoms with E-state index >= 15 is 0 Å². The van der Waals surface area contributed by atoms with Crippen molar-refractivity contribution in [1.82, 2.24) is 24.4 Å². The molecule has 9 nitrogen and oxygen atoms in total. The number of aryl methyl sites for hydroxylation is 2. The van der Waals surface area contributed by atoms with Crippen LogP contribution in [0.25, 0.3) is 22.4 Å². The Bertz CT molecular complexity index is 1430. The van der Waals surface area contributed by atoms with Crippen LogP contribution in [0, 0.1) is 12.8 Å². The lowest BCUT2D eigenvalue weighted by Gasteiger charge is -2.18. The molecule has 0 aliphatic heterocycles. The first-order valence-electron chi connectivity index (χ1n) is 10.8. The molecule has 0 aliphatic carbocycles. The number of hydrogen-bond acceptors (Lipinski definition) is 6. The minimum atomic E-state index is -3.78. The van der Waals surface area contributed by atoms with Gasteiger partial charge in [-0.25, -0.2) is 13.2 Å². The van der Waals surface area contributed by atoms with Gasteiger partial charge in [-0.3, -0.25) is 4.57 Å². The lowest BCUT2D eigenvalue weighted by Crippen LogP contribution is -2.32. The minimum Gasteiger partial charge on any atom is -0.337 e. The highest BCUT2D eigenvalue weighted by molar-refractivity contribution is 7.89. The van der Waals surface area contributed by atoms with Gasteiger partial charge in [0.15, 0.2) is 0 Å². The van der Waals surface area contributed by atoms with E-state index in [-0.39, 0.29) is 22.4 Å². The van der Waals surface area contributed by atoms with Crippen LogP contribution in [0.2, 0.25) is 0 Å². The van der Waals surface area contributed by atoms with Gasteiger partial charge in [-0.2, -0.15) is 9.71 Å². The van der Waals surface area contributed by atoms with Gasteiger partial charge in [0.1, 0.15) is 6.04 Å². The number of aromatic nitrogens is 4. The van der Waals surface area contributed by atoms with E-state index in [0.29, 0.717) is 23.4 Å². The first kappa shape index (κ1) is 22.9. The molecule has 2 N–H and O–H groups in total. The number of nitrogens with one attached hydrogen (secondary N) is 2. The summed E-state index contributed by atoms with van der Waals surface area (Å²) >= 11 is 0. The summed E-state index contributed by atoms with van der Waals surface area (Å²) in [6, 6.07) is 11.4. The van der Waals surface area contributed by atoms with Gasteiger partial charge in [0, 0.05) is 12.1 Å². The number of fused-ring (bicyclic) bond motifs is 1. The van der Waals surface area contributed by atoms with Crippen LogP contribution in [0.4, 0.5) is 0 Å². The van der Waals surface area contributed by atoms with Gasteiger partial charge in [-0.1, -0.05) is 43.6 Å². The van der Waals surface area contributed by atoms with E-state index in [0.717, 1.165) is 17.5 Å². The lowest BCUT2D eigenvalue weighted by atomic mass is 10.1. The van der Waals surface area contributed by atoms with Gasteiger partial charge in [-0.15, -0.1) is 0 Å². The van der Waals surface area contributed by atoms with Crippen molar-refractivity contribution in [2.75, 3.05) is 0 Å². The Morgan fingerprint density at radius 2 is 1.88 bits per heavy atom. The molecular formula is C23H27N5O4S. The fraction of sp³-hybridized carbons (Fsp3) is 0.348. The molecule has 0 saturated carbocycles. The summed E-state index contributed by atoms with van der Waals surface area (Å²) in [4.78, 5) is 19.7. The topological polar surface area (TPSA) is 123 Å². The Hall–Kier alpha value is -3.24. The first-order valence-corrected chi connectivity index (χ1v) is 12.3. The Morgan fingerprint density at radius 1 is 1.15 bits per heavy atom. The van der Waals surface area contributed by atoms with E-state index < -0.39 is 16.1 Å². The summed E-state index contributed by atoms with van der Waals surface area (Å²) in [7, 11) is -3.78. The maximum atomic E-state index is 12.9. The number of sulfonamides is 1. The van der Waals surface area contributed by atoms with Gasteiger partial charge >= 0.3 is 5.69 Å². The van der Waals surface area contributed by atoms with Crippen LogP contribution >= 0.6 is 0 Å². The monoisotopic (exact) mass is 469 g/mol. The quantitative estimate of drug-likeness (QED) is 0.405. The van der Waals surface area contributed by atoms with Crippen molar-refractivity contribution < 1.29 is 12.9 Å². The SMILES string of the molecule is CCCn1c(=O)[nH]c2cc(-c3noc([C@@H](NS(=O)(=O)c4ccc(C)cc4)C(C)C)n3)ccc21. The molecule has 4 rings (SSSR count). The number of H-pyrrole nitrogens is 1. The maximum absolute atomic E-state index is 12.9. The highest BCUT2D eigenvalue weighted by Gasteiger charge is 2.29. The molecule has 0 aliphatic rings. The average molecular weight is 470 g/mol. The minimum absolute atomic E-state index is 0.138. The Kier molecular flexibility index (Phi) is 6.22. The lowest BCUT2D eigenvalue weighted by molar-refractivity contribution is 0.311. The number of imidazole rings is 1. The van der Waals surface area contributed by atoms with Crippen LogP contribution in [0.3, 0.4) is 0 Å². The number of rotatable bonds is 8.